The van der Waals surface area contributed by atoms with Crippen LogP contribution in [0, 0.1) is 0 Å². The van der Waals surface area contributed by atoms with Crippen molar-refractivity contribution in [2.75, 3.05) is 6.54 Å². The predicted octanol–water partition coefficient (Wildman–Crippen LogP) is 5.89. The van der Waals surface area contributed by atoms with Crippen LogP contribution in [0.1, 0.15) is 24.5 Å². The van der Waals surface area contributed by atoms with Crippen molar-refractivity contribution >= 4 is 39.3 Å². The van der Waals surface area contributed by atoms with Gasteiger partial charge in [0.25, 0.3) is 0 Å². The van der Waals surface area contributed by atoms with E-state index in [-0.39, 0.29) is 0 Å². The van der Waals surface area contributed by atoms with Crippen LogP contribution in [0.5, 0.6) is 0 Å². The van der Waals surface area contributed by atoms with E-state index in [1.165, 1.54) is 16.0 Å². The number of halogens is 2. The molecule has 0 spiro atoms. The maximum Gasteiger partial charge on any atom is 0.0457 e. The predicted molar refractivity (Wildman–Crippen MR) is 97.2 cm³/mol. The Morgan fingerprint density at radius 1 is 1.19 bits per heavy atom. The molecule has 1 nitrogen and oxygen atoms in total. The van der Waals surface area contributed by atoms with Crippen molar-refractivity contribution in [3.63, 3.8) is 0 Å². The number of hydrogen-bond donors (Lipinski definition) is 1. The highest BCUT2D eigenvalue weighted by molar-refractivity contribution is 9.10. The molecule has 0 aliphatic heterocycles. The van der Waals surface area contributed by atoms with E-state index in [0.717, 1.165) is 34.8 Å². The van der Waals surface area contributed by atoms with Crippen molar-refractivity contribution in [2.45, 2.75) is 30.5 Å². The largest absolute Gasteiger partial charge is 0.313 e. The Hall–Kier alpha value is -0.480. The molecule has 2 rings (SSSR count). The summed E-state index contributed by atoms with van der Waals surface area (Å²) < 4.78 is 1.02. The van der Waals surface area contributed by atoms with Crippen molar-refractivity contribution < 1.29 is 0 Å². The van der Waals surface area contributed by atoms with E-state index in [9.17, 15) is 0 Å². The van der Waals surface area contributed by atoms with Crippen LogP contribution in [0.15, 0.2) is 51.8 Å². The van der Waals surface area contributed by atoms with Crippen LogP contribution in [0.25, 0.3) is 0 Å². The van der Waals surface area contributed by atoms with Crippen LogP contribution in [-0.2, 0) is 12.3 Å². The molecule has 0 aromatic heterocycles. The zero-order valence-corrected chi connectivity index (χ0v) is 15.2. The van der Waals surface area contributed by atoms with E-state index in [1.54, 1.807) is 0 Å². The molecule has 0 aliphatic rings. The van der Waals surface area contributed by atoms with Gasteiger partial charge in [0.15, 0.2) is 0 Å². The molecule has 2 aromatic rings. The normalized spacial score (nSPS) is 10.8. The van der Waals surface area contributed by atoms with Crippen molar-refractivity contribution in [1.29, 1.82) is 0 Å². The maximum absolute atomic E-state index is 6.26. The lowest BCUT2D eigenvalue weighted by Crippen LogP contribution is -2.13. The Labute approximate surface area is 144 Å². The minimum atomic E-state index is 0.817. The molecule has 0 amide bonds. The Kier molecular flexibility index (Phi) is 7.11. The summed E-state index contributed by atoms with van der Waals surface area (Å²) in [7, 11) is 0. The molecule has 21 heavy (non-hydrogen) atoms. The first-order valence-electron chi connectivity index (χ1n) is 7.05. The van der Waals surface area contributed by atoms with E-state index < -0.39 is 0 Å². The number of benzene rings is 2. The molecule has 0 heterocycles. The highest BCUT2D eigenvalue weighted by atomic mass is 79.9. The minimum Gasteiger partial charge on any atom is -0.313 e. The molecule has 112 valence electrons. The van der Waals surface area contributed by atoms with Gasteiger partial charge in [-0.25, -0.2) is 0 Å². The quantitative estimate of drug-likeness (QED) is 0.471. The summed E-state index contributed by atoms with van der Waals surface area (Å²) in [5, 5.41) is 4.25. The molecule has 0 radical (unpaired) electrons. The van der Waals surface area contributed by atoms with E-state index in [4.69, 9.17) is 11.6 Å². The summed E-state index contributed by atoms with van der Waals surface area (Å²) in [5.41, 5.74) is 2.50. The average molecular weight is 385 g/mol. The first kappa shape index (κ1) is 16.9. The number of nitrogens with one attached hydrogen (secondary N) is 1. The third kappa shape index (κ3) is 5.67. The van der Waals surface area contributed by atoms with Gasteiger partial charge in [-0.15, -0.1) is 11.8 Å². The summed E-state index contributed by atoms with van der Waals surface area (Å²) >= 11 is 11.5. The zero-order valence-electron chi connectivity index (χ0n) is 12.0. The van der Waals surface area contributed by atoms with Gasteiger partial charge in [-0.1, -0.05) is 52.7 Å². The van der Waals surface area contributed by atoms with Gasteiger partial charge >= 0.3 is 0 Å². The smallest absolute Gasteiger partial charge is 0.0457 e. The molecule has 1 N–H and O–H groups in total. The Balaban J connectivity index is 1.95. The molecule has 4 heteroatoms. The van der Waals surface area contributed by atoms with E-state index in [0.29, 0.717) is 0 Å². The lowest BCUT2D eigenvalue weighted by molar-refractivity contribution is 0.674. The lowest BCUT2D eigenvalue weighted by atomic mass is 10.2. The summed E-state index contributed by atoms with van der Waals surface area (Å²) in [6.45, 7) is 4.17. The molecular formula is C17H19BrClNS. The molecular weight excluding hydrogens is 366 g/mol. The highest BCUT2D eigenvalue weighted by Crippen LogP contribution is 2.29. The van der Waals surface area contributed by atoms with Gasteiger partial charge in [-0.05, 0) is 48.4 Å². The number of rotatable bonds is 7. The van der Waals surface area contributed by atoms with Gasteiger partial charge in [-0.3, -0.25) is 0 Å². The number of thioether (sulfide) groups is 1. The highest BCUT2D eigenvalue weighted by Gasteiger charge is 2.03. The van der Waals surface area contributed by atoms with Crippen LogP contribution in [0.4, 0.5) is 0 Å². The topological polar surface area (TPSA) is 12.0 Å². The molecule has 0 unspecified atom stereocenters. The fourth-order valence-corrected chi connectivity index (χ4v) is 3.76. The maximum atomic E-state index is 6.26. The van der Waals surface area contributed by atoms with Gasteiger partial charge < -0.3 is 5.32 Å². The second-order valence-electron chi connectivity index (χ2n) is 4.85. The molecule has 0 fully saturated rings. The minimum absolute atomic E-state index is 0.817. The summed E-state index contributed by atoms with van der Waals surface area (Å²) in [4.78, 5) is 1.28. The van der Waals surface area contributed by atoms with E-state index in [2.05, 4.69) is 58.5 Å². The Morgan fingerprint density at radius 3 is 2.81 bits per heavy atom. The summed E-state index contributed by atoms with van der Waals surface area (Å²) in [5.74, 6) is 0.887. The first-order chi connectivity index (χ1) is 10.2. The van der Waals surface area contributed by atoms with Gasteiger partial charge in [0.1, 0.15) is 0 Å². The zero-order chi connectivity index (χ0) is 15.1. The van der Waals surface area contributed by atoms with Crippen LogP contribution in [0.3, 0.4) is 0 Å². The van der Waals surface area contributed by atoms with Crippen molar-refractivity contribution in [3.05, 3.63) is 63.1 Å². The van der Waals surface area contributed by atoms with Crippen molar-refractivity contribution in [1.82, 2.24) is 5.32 Å². The molecule has 2 aromatic carbocycles. The standard InChI is InChI=1S/C17H19BrClNS/c1-2-8-20-11-13-4-3-5-16(9-13)21-12-14-6-7-15(18)10-17(14)19/h3-7,9-10,20H,2,8,11-12H2,1H3. The third-order valence-corrected chi connectivity index (χ3v) is 4.95. The third-order valence-electron chi connectivity index (χ3n) is 3.06. The van der Waals surface area contributed by atoms with Gasteiger partial charge in [0.05, 0.1) is 0 Å². The summed E-state index contributed by atoms with van der Waals surface area (Å²) in [6.07, 6.45) is 1.16. The van der Waals surface area contributed by atoms with Gasteiger partial charge in [0.2, 0.25) is 0 Å². The van der Waals surface area contributed by atoms with Crippen LogP contribution >= 0.6 is 39.3 Å². The second-order valence-corrected chi connectivity index (χ2v) is 7.22. The first-order valence-corrected chi connectivity index (χ1v) is 9.21. The number of hydrogen-bond acceptors (Lipinski definition) is 2. The monoisotopic (exact) mass is 383 g/mol. The van der Waals surface area contributed by atoms with Crippen molar-refractivity contribution in [3.8, 4) is 0 Å². The van der Waals surface area contributed by atoms with Crippen LogP contribution < -0.4 is 5.32 Å². The van der Waals surface area contributed by atoms with E-state index in [1.807, 2.05) is 23.9 Å². The fourth-order valence-electron chi connectivity index (χ4n) is 1.95. The molecule has 0 saturated heterocycles. The Morgan fingerprint density at radius 2 is 2.05 bits per heavy atom. The molecule has 0 saturated carbocycles. The Bertz CT molecular complexity index is 589. The average Bonchev–Trinajstić information content (AvgIpc) is 2.47. The van der Waals surface area contributed by atoms with Crippen LogP contribution in [-0.4, -0.2) is 6.54 Å². The van der Waals surface area contributed by atoms with Gasteiger partial charge in [-0.2, -0.15) is 0 Å². The SMILES string of the molecule is CCCNCc1cccc(SCc2ccc(Br)cc2Cl)c1. The summed E-state index contributed by atoms with van der Waals surface area (Å²) in [6, 6.07) is 14.7. The fraction of sp³-hybridized carbons (Fsp3) is 0.294. The molecule has 0 bridgehead atoms. The van der Waals surface area contributed by atoms with Crippen LogP contribution in [0.2, 0.25) is 5.02 Å². The lowest BCUT2D eigenvalue weighted by Gasteiger charge is -2.08. The van der Waals surface area contributed by atoms with Crippen molar-refractivity contribution in [2.24, 2.45) is 0 Å². The molecule has 0 aliphatic carbocycles. The van der Waals surface area contributed by atoms with E-state index >= 15 is 0 Å². The molecule has 0 atom stereocenters. The second kappa shape index (κ2) is 8.84. The van der Waals surface area contributed by atoms with Gasteiger partial charge in [0, 0.05) is 26.7 Å².